The minimum Gasteiger partial charge on any atom is -0.483 e. The molecule has 0 aliphatic carbocycles. The van der Waals surface area contributed by atoms with E-state index < -0.39 is 0 Å². The van der Waals surface area contributed by atoms with Gasteiger partial charge in [-0.3, -0.25) is 10.2 Å². The molecule has 3 N–H and O–H groups in total. The minimum absolute atomic E-state index is 0.0181. The fourth-order valence-electron chi connectivity index (χ4n) is 1.40. The highest BCUT2D eigenvalue weighted by Crippen LogP contribution is 2.30. The van der Waals surface area contributed by atoms with E-state index >= 15 is 0 Å². The van der Waals surface area contributed by atoms with E-state index in [9.17, 15) is 4.79 Å². The summed E-state index contributed by atoms with van der Waals surface area (Å²) in [6.07, 6.45) is 0. The van der Waals surface area contributed by atoms with Crippen LogP contribution in [0, 0.1) is 0 Å². The lowest BCUT2D eigenvalue weighted by molar-refractivity contribution is -0.123. The molecular weight excluding hydrogens is 204 g/mol. The Morgan fingerprint density at radius 1 is 1.38 bits per heavy atom. The van der Waals surface area contributed by atoms with Gasteiger partial charge in [0.2, 0.25) is 0 Å². The molecule has 0 radical (unpaired) electrons. The highest BCUT2D eigenvalue weighted by Gasteiger charge is 2.18. The zero-order chi connectivity index (χ0) is 12.2. The summed E-state index contributed by atoms with van der Waals surface area (Å²) in [6, 6.07) is 7.68. The Kier molecular flexibility index (Phi) is 3.90. The van der Waals surface area contributed by atoms with E-state index in [2.05, 4.69) is 20.8 Å². The molecule has 1 amide bonds. The summed E-state index contributed by atoms with van der Waals surface area (Å²) >= 11 is 0. The zero-order valence-electron chi connectivity index (χ0n) is 9.91. The Balaban J connectivity index is 2.84. The number of nitrogens with one attached hydrogen (secondary N) is 1. The molecule has 0 saturated carbocycles. The standard InChI is InChI=1S/C12H18N2O2/c1-12(2,3)9-6-4-5-7-10(9)16-8-11(15)14-13/h4-7H,8,13H2,1-3H3,(H,14,15). The third kappa shape index (κ3) is 3.24. The smallest absolute Gasteiger partial charge is 0.271 e. The van der Waals surface area contributed by atoms with E-state index in [0.29, 0.717) is 0 Å². The fraction of sp³-hybridized carbons (Fsp3) is 0.417. The molecular formula is C12H18N2O2. The van der Waals surface area contributed by atoms with Crippen LogP contribution in [0.4, 0.5) is 0 Å². The number of carbonyl (C=O) groups is 1. The predicted octanol–water partition coefficient (Wildman–Crippen LogP) is 1.35. The molecule has 1 aromatic carbocycles. The van der Waals surface area contributed by atoms with Crippen LogP contribution in [0.2, 0.25) is 0 Å². The molecule has 88 valence electrons. The topological polar surface area (TPSA) is 64.3 Å². The van der Waals surface area contributed by atoms with E-state index in [0.717, 1.165) is 11.3 Å². The van der Waals surface area contributed by atoms with Gasteiger partial charge in [-0.25, -0.2) is 5.84 Å². The van der Waals surface area contributed by atoms with Gasteiger partial charge in [0.05, 0.1) is 0 Å². The molecule has 0 fully saturated rings. The number of hydrazine groups is 1. The lowest BCUT2D eigenvalue weighted by atomic mass is 9.86. The second-order valence-corrected chi connectivity index (χ2v) is 4.60. The third-order valence-corrected chi connectivity index (χ3v) is 2.21. The van der Waals surface area contributed by atoms with E-state index in [-0.39, 0.29) is 17.9 Å². The van der Waals surface area contributed by atoms with Crippen molar-refractivity contribution in [1.82, 2.24) is 5.43 Å². The van der Waals surface area contributed by atoms with Crippen molar-refractivity contribution < 1.29 is 9.53 Å². The number of nitrogens with two attached hydrogens (primary N) is 1. The summed E-state index contributed by atoms with van der Waals surface area (Å²) in [6.45, 7) is 6.22. The zero-order valence-corrected chi connectivity index (χ0v) is 9.91. The highest BCUT2D eigenvalue weighted by molar-refractivity contribution is 5.76. The monoisotopic (exact) mass is 222 g/mol. The SMILES string of the molecule is CC(C)(C)c1ccccc1OCC(=O)NN. The molecule has 0 saturated heterocycles. The first-order valence-electron chi connectivity index (χ1n) is 5.17. The number of para-hydroxylation sites is 1. The molecule has 0 unspecified atom stereocenters. The van der Waals surface area contributed by atoms with Crippen LogP contribution in [-0.2, 0) is 10.2 Å². The number of ether oxygens (including phenoxy) is 1. The third-order valence-electron chi connectivity index (χ3n) is 2.21. The van der Waals surface area contributed by atoms with Gasteiger partial charge in [0.25, 0.3) is 5.91 Å². The number of benzene rings is 1. The van der Waals surface area contributed by atoms with Gasteiger partial charge in [-0.1, -0.05) is 39.0 Å². The average molecular weight is 222 g/mol. The molecule has 4 nitrogen and oxygen atoms in total. The number of carbonyl (C=O) groups excluding carboxylic acids is 1. The highest BCUT2D eigenvalue weighted by atomic mass is 16.5. The first-order chi connectivity index (χ1) is 7.45. The first-order valence-corrected chi connectivity index (χ1v) is 5.17. The van der Waals surface area contributed by atoms with Crippen LogP contribution in [0.15, 0.2) is 24.3 Å². The summed E-state index contributed by atoms with van der Waals surface area (Å²) in [4.78, 5) is 11.0. The van der Waals surface area contributed by atoms with Gasteiger partial charge in [-0.2, -0.15) is 0 Å². The van der Waals surface area contributed by atoms with Gasteiger partial charge in [0.1, 0.15) is 5.75 Å². The maximum Gasteiger partial charge on any atom is 0.271 e. The molecule has 0 aliphatic heterocycles. The van der Waals surface area contributed by atoms with Crippen LogP contribution < -0.4 is 16.0 Å². The van der Waals surface area contributed by atoms with Crippen LogP contribution >= 0.6 is 0 Å². The molecule has 1 aromatic rings. The number of hydrogen-bond donors (Lipinski definition) is 2. The molecule has 4 heteroatoms. The van der Waals surface area contributed by atoms with Crippen molar-refractivity contribution in [2.75, 3.05) is 6.61 Å². The summed E-state index contributed by atoms with van der Waals surface area (Å²) in [7, 11) is 0. The predicted molar refractivity (Wildman–Crippen MR) is 63.0 cm³/mol. The molecule has 1 rings (SSSR count). The Morgan fingerprint density at radius 2 is 2.00 bits per heavy atom. The lowest BCUT2D eigenvalue weighted by Crippen LogP contribution is -2.34. The maximum absolute atomic E-state index is 11.0. The summed E-state index contributed by atoms with van der Waals surface area (Å²) in [5, 5.41) is 0. The van der Waals surface area contributed by atoms with Crippen molar-refractivity contribution in [1.29, 1.82) is 0 Å². The molecule has 0 heterocycles. The molecule has 0 spiro atoms. The van der Waals surface area contributed by atoms with E-state index in [4.69, 9.17) is 10.6 Å². The maximum atomic E-state index is 11.0. The van der Waals surface area contributed by atoms with Crippen molar-refractivity contribution in [2.45, 2.75) is 26.2 Å². The van der Waals surface area contributed by atoms with Crippen molar-refractivity contribution in [3.8, 4) is 5.75 Å². The Morgan fingerprint density at radius 3 is 2.56 bits per heavy atom. The molecule has 0 bridgehead atoms. The Labute approximate surface area is 95.8 Å². The van der Waals surface area contributed by atoms with Gasteiger partial charge < -0.3 is 4.74 Å². The van der Waals surface area contributed by atoms with Crippen LogP contribution in [0.25, 0.3) is 0 Å². The quantitative estimate of drug-likeness (QED) is 0.461. The summed E-state index contributed by atoms with van der Waals surface area (Å²) in [5.41, 5.74) is 3.08. The van der Waals surface area contributed by atoms with Crippen molar-refractivity contribution in [2.24, 2.45) is 5.84 Å². The average Bonchev–Trinajstić information content (AvgIpc) is 2.25. The van der Waals surface area contributed by atoms with E-state index in [1.165, 1.54) is 0 Å². The van der Waals surface area contributed by atoms with Crippen molar-refractivity contribution in [3.63, 3.8) is 0 Å². The van der Waals surface area contributed by atoms with Crippen LogP contribution in [0.3, 0.4) is 0 Å². The van der Waals surface area contributed by atoms with Gasteiger partial charge in [-0.15, -0.1) is 0 Å². The van der Waals surface area contributed by atoms with E-state index in [1.807, 2.05) is 29.7 Å². The van der Waals surface area contributed by atoms with Crippen molar-refractivity contribution >= 4 is 5.91 Å². The summed E-state index contributed by atoms with van der Waals surface area (Å²) < 4.78 is 5.42. The molecule has 16 heavy (non-hydrogen) atoms. The number of amides is 1. The largest absolute Gasteiger partial charge is 0.483 e. The van der Waals surface area contributed by atoms with Crippen LogP contribution in [0.5, 0.6) is 5.75 Å². The van der Waals surface area contributed by atoms with Gasteiger partial charge >= 0.3 is 0 Å². The van der Waals surface area contributed by atoms with Crippen LogP contribution in [-0.4, -0.2) is 12.5 Å². The van der Waals surface area contributed by atoms with Crippen molar-refractivity contribution in [3.05, 3.63) is 29.8 Å². The van der Waals surface area contributed by atoms with Crippen LogP contribution in [0.1, 0.15) is 26.3 Å². The molecule has 0 aliphatic rings. The Hall–Kier alpha value is -1.55. The number of rotatable bonds is 3. The minimum atomic E-state index is -0.344. The van der Waals surface area contributed by atoms with Gasteiger partial charge in [-0.05, 0) is 17.0 Å². The Bertz CT molecular complexity index is 370. The number of hydrogen-bond acceptors (Lipinski definition) is 3. The second-order valence-electron chi connectivity index (χ2n) is 4.60. The molecule has 0 aromatic heterocycles. The second kappa shape index (κ2) is 4.99. The fourth-order valence-corrected chi connectivity index (χ4v) is 1.40. The summed E-state index contributed by atoms with van der Waals surface area (Å²) in [5.74, 6) is 5.36. The lowest BCUT2D eigenvalue weighted by Gasteiger charge is -2.22. The molecule has 0 atom stereocenters. The normalized spacial score (nSPS) is 11.0. The van der Waals surface area contributed by atoms with Gasteiger partial charge in [0, 0.05) is 0 Å². The van der Waals surface area contributed by atoms with E-state index in [1.54, 1.807) is 0 Å². The van der Waals surface area contributed by atoms with Gasteiger partial charge in [0.15, 0.2) is 6.61 Å². The first kappa shape index (κ1) is 12.5.